The first-order chi connectivity index (χ1) is 14.5. The van der Waals surface area contributed by atoms with Gasteiger partial charge in [-0.25, -0.2) is 4.79 Å². The van der Waals surface area contributed by atoms with Crippen molar-refractivity contribution in [1.29, 1.82) is 0 Å². The standard InChI is InChI=1S/C23H19NO6/c1-29-18-8-3-2-5-13(18)11-14-6-4-7-17-20(25)16-10-9-15(24-22(26)23(27)28)12-19(16)30-21(14)17/h2-3,5,8-12H,4,6-7H2,1H3,(H,24,26)(H,27,28)/b14-11-. The van der Waals surface area contributed by atoms with Gasteiger partial charge in [-0.3, -0.25) is 9.59 Å². The number of aliphatic carboxylic acids is 1. The van der Waals surface area contributed by atoms with E-state index >= 15 is 0 Å². The molecular weight excluding hydrogens is 386 g/mol. The monoisotopic (exact) mass is 405 g/mol. The largest absolute Gasteiger partial charge is 0.496 e. The van der Waals surface area contributed by atoms with Crippen molar-refractivity contribution in [3.8, 4) is 5.75 Å². The molecule has 2 N–H and O–H groups in total. The molecule has 1 amide bonds. The summed E-state index contributed by atoms with van der Waals surface area (Å²) in [6.07, 6.45) is 4.15. The van der Waals surface area contributed by atoms with Crippen LogP contribution in [0.5, 0.6) is 5.75 Å². The van der Waals surface area contributed by atoms with Gasteiger partial charge in [0.2, 0.25) is 0 Å². The Morgan fingerprint density at radius 2 is 1.97 bits per heavy atom. The Labute approximate surface area is 171 Å². The van der Waals surface area contributed by atoms with Crippen LogP contribution in [0.2, 0.25) is 0 Å². The molecule has 0 radical (unpaired) electrons. The van der Waals surface area contributed by atoms with Crippen LogP contribution >= 0.6 is 0 Å². The molecule has 0 saturated heterocycles. The molecule has 0 atom stereocenters. The molecule has 0 unspecified atom stereocenters. The summed E-state index contributed by atoms with van der Waals surface area (Å²) in [6.45, 7) is 0. The Balaban J connectivity index is 1.84. The third-order valence-corrected chi connectivity index (χ3v) is 5.07. The highest BCUT2D eigenvalue weighted by Gasteiger charge is 2.22. The van der Waals surface area contributed by atoms with E-state index in [9.17, 15) is 14.4 Å². The smallest absolute Gasteiger partial charge is 0.394 e. The van der Waals surface area contributed by atoms with Crippen LogP contribution in [0.4, 0.5) is 5.69 Å². The van der Waals surface area contributed by atoms with Crippen LogP contribution < -0.4 is 15.5 Å². The van der Waals surface area contributed by atoms with Gasteiger partial charge in [-0.2, -0.15) is 0 Å². The third kappa shape index (κ3) is 3.57. The minimum Gasteiger partial charge on any atom is -0.496 e. The van der Waals surface area contributed by atoms with Crippen molar-refractivity contribution in [2.24, 2.45) is 0 Å². The number of carbonyl (C=O) groups excluding carboxylic acids is 1. The Kier molecular flexibility index (Phi) is 5.10. The van der Waals surface area contributed by atoms with E-state index in [0.29, 0.717) is 23.1 Å². The molecule has 0 spiro atoms. The van der Waals surface area contributed by atoms with Gasteiger partial charge in [-0.1, -0.05) is 18.2 Å². The predicted octanol–water partition coefficient (Wildman–Crippen LogP) is 3.70. The molecule has 2 aromatic carbocycles. The van der Waals surface area contributed by atoms with E-state index in [-0.39, 0.29) is 16.7 Å². The number of carboxylic acid groups (broad SMARTS) is 1. The van der Waals surface area contributed by atoms with Gasteiger partial charge in [0.05, 0.1) is 12.5 Å². The first-order valence-electron chi connectivity index (χ1n) is 9.46. The average molecular weight is 405 g/mol. The van der Waals surface area contributed by atoms with Crippen LogP contribution in [0.1, 0.15) is 29.7 Å². The molecule has 0 fully saturated rings. The van der Waals surface area contributed by atoms with Gasteiger partial charge in [0, 0.05) is 22.9 Å². The van der Waals surface area contributed by atoms with Crippen molar-refractivity contribution in [2.45, 2.75) is 19.3 Å². The number of ether oxygens (including phenoxy) is 1. The Bertz CT molecular complexity index is 1250. The molecule has 1 heterocycles. The zero-order chi connectivity index (χ0) is 21.3. The van der Waals surface area contributed by atoms with Gasteiger partial charge >= 0.3 is 11.9 Å². The van der Waals surface area contributed by atoms with Crippen LogP contribution in [0, 0.1) is 0 Å². The first-order valence-corrected chi connectivity index (χ1v) is 9.46. The van der Waals surface area contributed by atoms with Gasteiger partial charge in [0.25, 0.3) is 0 Å². The summed E-state index contributed by atoms with van der Waals surface area (Å²) >= 11 is 0. The second-order valence-corrected chi connectivity index (χ2v) is 6.97. The van der Waals surface area contributed by atoms with Crippen LogP contribution in [0.3, 0.4) is 0 Å². The molecule has 0 bridgehead atoms. The lowest BCUT2D eigenvalue weighted by Crippen LogP contribution is -2.22. The zero-order valence-electron chi connectivity index (χ0n) is 16.2. The molecule has 0 saturated carbocycles. The summed E-state index contributed by atoms with van der Waals surface area (Å²) < 4.78 is 11.5. The lowest BCUT2D eigenvalue weighted by atomic mass is 9.90. The van der Waals surface area contributed by atoms with Crippen LogP contribution in [-0.4, -0.2) is 24.1 Å². The fourth-order valence-electron chi connectivity index (χ4n) is 3.66. The van der Waals surface area contributed by atoms with E-state index in [1.54, 1.807) is 7.11 Å². The van der Waals surface area contributed by atoms with Crippen molar-refractivity contribution >= 4 is 40.2 Å². The molecule has 0 aliphatic heterocycles. The topological polar surface area (TPSA) is 106 Å². The van der Waals surface area contributed by atoms with Crippen molar-refractivity contribution in [3.63, 3.8) is 0 Å². The predicted molar refractivity (Wildman–Crippen MR) is 113 cm³/mol. The maximum absolute atomic E-state index is 13.0. The number of benzene rings is 2. The van der Waals surface area contributed by atoms with Crippen LogP contribution in [-0.2, 0) is 16.0 Å². The van der Waals surface area contributed by atoms with Gasteiger partial charge in [0.15, 0.2) is 5.43 Å². The van der Waals surface area contributed by atoms with E-state index in [1.807, 2.05) is 30.3 Å². The van der Waals surface area contributed by atoms with E-state index < -0.39 is 11.9 Å². The Morgan fingerprint density at radius 1 is 1.17 bits per heavy atom. The van der Waals surface area contributed by atoms with Crippen LogP contribution in [0.25, 0.3) is 22.6 Å². The summed E-state index contributed by atoms with van der Waals surface area (Å²) in [4.78, 5) is 35.3. The Morgan fingerprint density at radius 3 is 2.73 bits per heavy atom. The van der Waals surface area contributed by atoms with E-state index in [0.717, 1.165) is 29.7 Å². The lowest BCUT2D eigenvalue weighted by Gasteiger charge is -2.18. The second-order valence-electron chi connectivity index (χ2n) is 6.97. The van der Waals surface area contributed by atoms with Crippen molar-refractivity contribution in [3.05, 3.63) is 69.6 Å². The molecule has 1 aromatic heterocycles. The van der Waals surface area contributed by atoms with Gasteiger partial charge in [0.1, 0.15) is 17.1 Å². The molecule has 3 aromatic rings. The average Bonchev–Trinajstić information content (AvgIpc) is 2.74. The number of anilines is 1. The highest BCUT2D eigenvalue weighted by atomic mass is 16.5. The van der Waals surface area contributed by atoms with Crippen molar-refractivity contribution in [2.75, 3.05) is 12.4 Å². The zero-order valence-corrected chi connectivity index (χ0v) is 16.2. The number of allylic oxidation sites excluding steroid dienone is 1. The molecule has 30 heavy (non-hydrogen) atoms. The first kappa shape index (κ1) is 19.4. The number of carboxylic acids is 1. The van der Waals surface area contributed by atoms with Gasteiger partial charge in [-0.05, 0) is 49.1 Å². The van der Waals surface area contributed by atoms with E-state index in [4.69, 9.17) is 14.3 Å². The Hall–Kier alpha value is -3.87. The minimum absolute atomic E-state index is 0.118. The number of rotatable bonds is 3. The molecule has 1 aliphatic carbocycles. The number of hydrogen-bond acceptors (Lipinski definition) is 5. The van der Waals surface area contributed by atoms with Crippen molar-refractivity contribution < 1.29 is 23.8 Å². The molecule has 4 rings (SSSR count). The van der Waals surface area contributed by atoms with Gasteiger partial charge < -0.3 is 19.6 Å². The quantitative estimate of drug-likeness (QED) is 0.644. The number of methoxy groups -OCH3 is 1. The van der Waals surface area contributed by atoms with E-state index in [2.05, 4.69) is 5.32 Å². The third-order valence-electron chi connectivity index (χ3n) is 5.07. The summed E-state index contributed by atoms with van der Waals surface area (Å²) in [5, 5.41) is 11.4. The maximum Gasteiger partial charge on any atom is 0.394 e. The summed E-state index contributed by atoms with van der Waals surface area (Å²) in [6, 6.07) is 12.1. The fourth-order valence-corrected chi connectivity index (χ4v) is 3.66. The van der Waals surface area contributed by atoms with Crippen molar-refractivity contribution in [1.82, 2.24) is 0 Å². The number of fused-ring (bicyclic) bond motifs is 2. The SMILES string of the molecule is COc1ccccc1/C=C1/CCCc2c1oc1cc(NC(=O)C(=O)O)ccc1c2=O. The molecule has 152 valence electrons. The minimum atomic E-state index is -1.59. The second kappa shape index (κ2) is 7.87. The summed E-state index contributed by atoms with van der Waals surface area (Å²) in [5.41, 5.74) is 2.80. The highest BCUT2D eigenvalue weighted by molar-refractivity contribution is 6.36. The fraction of sp³-hybridized carbons (Fsp3) is 0.174. The number of amides is 1. The normalized spacial score (nSPS) is 14.4. The molecule has 7 heteroatoms. The lowest BCUT2D eigenvalue weighted by molar-refractivity contribution is -0.147. The van der Waals surface area contributed by atoms with Gasteiger partial charge in [-0.15, -0.1) is 0 Å². The summed E-state index contributed by atoms with van der Waals surface area (Å²) in [5.74, 6) is -1.51. The van der Waals surface area contributed by atoms with E-state index in [1.165, 1.54) is 18.2 Å². The number of carbonyl (C=O) groups is 2. The summed E-state index contributed by atoms with van der Waals surface area (Å²) in [7, 11) is 1.60. The molecule has 7 nitrogen and oxygen atoms in total. The number of para-hydroxylation sites is 1. The number of hydrogen-bond donors (Lipinski definition) is 2. The number of nitrogens with one attached hydrogen (secondary N) is 1. The highest BCUT2D eigenvalue weighted by Crippen LogP contribution is 2.34. The van der Waals surface area contributed by atoms with Crippen LogP contribution in [0.15, 0.2) is 51.7 Å². The maximum atomic E-state index is 13.0. The molecule has 1 aliphatic rings. The molecular formula is C23H19NO6.